The van der Waals surface area contributed by atoms with E-state index >= 15 is 0 Å². The van der Waals surface area contributed by atoms with Crippen LogP contribution in [0.5, 0.6) is 0 Å². The SMILES string of the molecule is CC[C@H](C)[C@H](NC(=O)Cc1ccc(N)cc1)C(=O)OC.Cl. The molecule has 0 unspecified atom stereocenters. The predicted molar refractivity (Wildman–Crippen MR) is 85.2 cm³/mol. The third-order valence-electron chi connectivity index (χ3n) is 3.33. The first kappa shape index (κ1) is 19.2. The highest BCUT2D eigenvalue weighted by Crippen LogP contribution is 2.10. The molecule has 0 fully saturated rings. The Morgan fingerprint density at radius 1 is 1.29 bits per heavy atom. The van der Waals surface area contributed by atoms with Gasteiger partial charge in [0.25, 0.3) is 0 Å². The number of methoxy groups -OCH3 is 1. The molecule has 0 bridgehead atoms. The van der Waals surface area contributed by atoms with Gasteiger partial charge in [-0.05, 0) is 23.6 Å². The first-order chi connectivity index (χ1) is 9.47. The van der Waals surface area contributed by atoms with Crippen LogP contribution in [-0.2, 0) is 20.7 Å². The van der Waals surface area contributed by atoms with Crippen molar-refractivity contribution in [3.8, 4) is 0 Å². The molecule has 0 saturated heterocycles. The van der Waals surface area contributed by atoms with Gasteiger partial charge >= 0.3 is 5.97 Å². The lowest BCUT2D eigenvalue weighted by Gasteiger charge is -2.21. The zero-order valence-electron chi connectivity index (χ0n) is 12.6. The van der Waals surface area contributed by atoms with E-state index < -0.39 is 12.0 Å². The second kappa shape index (κ2) is 9.23. The molecule has 1 aromatic carbocycles. The number of rotatable bonds is 6. The number of anilines is 1. The minimum Gasteiger partial charge on any atom is -0.467 e. The van der Waals surface area contributed by atoms with Crippen LogP contribution in [0.4, 0.5) is 5.69 Å². The minimum absolute atomic E-state index is 0. The van der Waals surface area contributed by atoms with Crippen LogP contribution < -0.4 is 11.1 Å². The maximum absolute atomic E-state index is 12.0. The van der Waals surface area contributed by atoms with Gasteiger partial charge in [-0.25, -0.2) is 4.79 Å². The fraction of sp³-hybridized carbons (Fsp3) is 0.467. The zero-order chi connectivity index (χ0) is 15.1. The van der Waals surface area contributed by atoms with Crippen LogP contribution in [0.1, 0.15) is 25.8 Å². The van der Waals surface area contributed by atoms with Crippen LogP contribution in [-0.4, -0.2) is 25.0 Å². The smallest absolute Gasteiger partial charge is 0.328 e. The van der Waals surface area contributed by atoms with Gasteiger partial charge in [0.1, 0.15) is 6.04 Å². The third kappa shape index (κ3) is 6.04. The number of carbonyl (C=O) groups is 2. The Balaban J connectivity index is 0.00000400. The number of ether oxygens (including phenoxy) is 1. The quantitative estimate of drug-likeness (QED) is 0.621. The average molecular weight is 315 g/mol. The average Bonchev–Trinajstić information content (AvgIpc) is 2.45. The number of benzene rings is 1. The molecule has 21 heavy (non-hydrogen) atoms. The summed E-state index contributed by atoms with van der Waals surface area (Å²) in [5, 5.41) is 2.74. The van der Waals surface area contributed by atoms with Gasteiger partial charge in [-0.3, -0.25) is 4.79 Å². The monoisotopic (exact) mass is 314 g/mol. The maximum atomic E-state index is 12.0. The van der Waals surface area contributed by atoms with E-state index in [2.05, 4.69) is 5.32 Å². The van der Waals surface area contributed by atoms with Gasteiger partial charge in [0.15, 0.2) is 0 Å². The Labute approximate surface area is 131 Å². The van der Waals surface area contributed by atoms with Crippen LogP contribution in [0.2, 0.25) is 0 Å². The minimum atomic E-state index is -0.605. The number of hydrogen-bond donors (Lipinski definition) is 2. The van der Waals surface area contributed by atoms with Crippen molar-refractivity contribution in [3.63, 3.8) is 0 Å². The van der Waals surface area contributed by atoms with Gasteiger partial charge in [0.05, 0.1) is 13.5 Å². The van der Waals surface area contributed by atoms with Crippen molar-refractivity contribution in [1.29, 1.82) is 0 Å². The second-order valence-corrected chi connectivity index (χ2v) is 4.87. The molecule has 0 spiro atoms. The lowest BCUT2D eigenvalue weighted by atomic mass is 9.99. The summed E-state index contributed by atoms with van der Waals surface area (Å²) in [4.78, 5) is 23.7. The molecule has 0 aliphatic carbocycles. The van der Waals surface area contributed by atoms with Crippen molar-refractivity contribution < 1.29 is 14.3 Å². The molecule has 2 atom stereocenters. The van der Waals surface area contributed by atoms with Crippen molar-refractivity contribution in [1.82, 2.24) is 5.32 Å². The largest absolute Gasteiger partial charge is 0.467 e. The van der Waals surface area contributed by atoms with Gasteiger partial charge in [-0.2, -0.15) is 0 Å². The third-order valence-corrected chi connectivity index (χ3v) is 3.33. The summed E-state index contributed by atoms with van der Waals surface area (Å²) in [5.41, 5.74) is 7.10. The molecule has 1 aromatic rings. The summed E-state index contributed by atoms with van der Waals surface area (Å²) in [6, 6.07) is 6.48. The molecule has 1 rings (SSSR count). The Morgan fingerprint density at radius 2 is 1.86 bits per heavy atom. The van der Waals surface area contributed by atoms with E-state index in [1.165, 1.54) is 7.11 Å². The summed E-state index contributed by atoms with van der Waals surface area (Å²) >= 11 is 0. The highest BCUT2D eigenvalue weighted by atomic mass is 35.5. The summed E-state index contributed by atoms with van der Waals surface area (Å²) in [6.07, 6.45) is 0.992. The van der Waals surface area contributed by atoms with Crippen LogP contribution in [0, 0.1) is 5.92 Å². The van der Waals surface area contributed by atoms with E-state index in [4.69, 9.17) is 10.5 Å². The topological polar surface area (TPSA) is 81.4 Å². The first-order valence-electron chi connectivity index (χ1n) is 6.69. The summed E-state index contributed by atoms with van der Waals surface area (Å²) < 4.78 is 4.73. The fourth-order valence-electron chi connectivity index (χ4n) is 1.84. The Hall–Kier alpha value is -1.75. The number of hydrogen-bond acceptors (Lipinski definition) is 4. The van der Waals surface area contributed by atoms with Crippen molar-refractivity contribution in [2.45, 2.75) is 32.7 Å². The van der Waals surface area contributed by atoms with Gasteiger partial charge in [-0.15, -0.1) is 12.4 Å². The molecular formula is C15H23ClN2O3. The van der Waals surface area contributed by atoms with Gasteiger partial charge < -0.3 is 15.8 Å². The summed E-state index contributed by atoms with van der Waals surface area (Å²) in [5.74, 6) is -0.590. The van der Waals surface area contributed by atoms with E-state index in [-0.39, 0.29) is 30.7 Å². The standard InChI is InChI=1S/C15H22N2O3.ClH/c1-4-10(2)14(15(19)20-3)17-13(18)9-11-5-7-12(16)8-6-11;/h5-8,10,14H,4,9,16H2,1-3H3,(H,17,18);1H/t10-,14-;/m0./s1. The number of esters is 1. The predicted octanol–water partition coefficient (Wildman–Crippen LogP) is 1.94. The molecule has 0 radical (unpaired) electrons. The van der Waals surface area contributed by atoms with Crippen LogP contribution >= 0.6 is 12.4 Å². The molecule has 0 aliphatic heterocycles. The van der Waals surface area contributed by atoms with E-state index in [1.54, 1.807) is 24.3 Å². The van der Waals surface area contributed by atoms with E-state index in [9.17, 15) is 9.59 Å². The summed E-state index contributed by atoms with van der Waals surface area (Å²) in [7, 11) is 1.32. The molecule has 0 aliphatic rings. The molecule has 3 N–H and O–H groups in total. The highest BCUT2D eigenvalue weighted by Gasteiger charge is 2.26. The second-order valence-electron chi connectivity index (χ2n) is 4.87. The molecule has 118 valence electrons. The van der Waals surface area contributed by atoms with Crippen molar-refractivity contribution >= 4 is 30.0 Å². The number of amides is 1. The van der Waals surface area contributed by atoms with E-state index in [0.717, 1.165) is 12.0 Å². The van der Waals surface area contributed by atoms with E-state index in [0.29, 0.717) is 5.69 Å². The molecule has 0 saturated carbocycles. The van der Waals surface area contributed by atoms with Crippen LogP contribution in [0.3, 0.4) is 0 Å². The van der Waals surface area contributed by atoms with Crippen molar-refractivity contribution in [2.75, 3.05) is 12.8 Å². The maximum Gasteiger partial charge on any atom is 0.328 e. The number of nitrogen functional groups attached to an aromatic ring is 1. The lowest BCUT2D eigenvalue weighted by Crippen LogP contribution is -2.46. The van der Waals surface area contributed by atoms with Crippen molar-refractivity contribution in [3.05, 3.63) is 29.8 Å². The van der Waals surface area contributed by atoms with Crippen molar-refractivity contribution in [2.24, 2.45) is 5.92 Å². The first-order valence-corrected chi connectivity index (χ1v) is 6.69. The number of carbonyl (C=O) groups excluding carboxylic acids is 2. The molecule has 6 heteroatoms. The Morgan fingerprint density at radius 3 is 2.33 bits per heavy atom. The molecular weight excluding hydrogens is 292 g/mol. The molecule has 0 aromatic heterocycles. The normalized spacial score (nSPS) is 12.7. The van der Waals surface area contributed by atoms with Gasteiger partial charge in [-0.1, -0.05) is 32.4 Å². The molecule has 0 heterocycles. The lowest BCUT2D eigenvalue weighted by molar-refractivity contribution is -0.146. The fourth-order valence-corrected chi connectivity index (χ4v) is 1.84. The zero-order valence-corrected chi connectivity index (χ0v) is 13.4. The van der Waals surface area contributed by atoms with E-state index in [1.807, 2.05) is 13.8 Å². The highest BCUT2D eigenvalue weighted by molar-refractivity contribution is 5.86. The Bertz CT molecular complexity index is 462. The molecule has 5 nitrogen and oxygen atoms in total. The van der Waals surface area contributed by atoms with Crippen LogP contribution in [0.15, 0.2) is 24.3 Å². The Kier molecular flexibility index (Phi) is 8.47. The number of nitrogens with two attached hydrogens (primary N) is 1. The summed E-state index contributed by atoms with van der Waals surface area (Å²) in [6.45, 7) is 3.87. The van der Waals surface area contributed by atoms with Gasteiger partial charge in [0.2, 0.25) is 5.91 Å². The molecule has 1 amide bonds. The van der Waals surface area contributed by atoms with Gasteiger partial charge in [0, 0.05) is 5.69 Å². The number of nitrogens with one attached hydrogen (secondary N) is 1. The number of halogens is 1. The van der Waals surface area contributed by atoms with Crippen LogP contribution in [0.25, 0.3) is 0 Å².